The summed E-state index contributed by atoms with van der Waals surface area (Å²) < 4.78 is 1.51. The molecule has 6 heteroatoms. The van der Waals surface area contributed by atoms with Gasteiger partial charge in [0.15, 0.2) is 5.69 Å². The lowest BCUT2D eigenvalue weighted by atomic mass is 9.66. The number of nitrogens with zero attached hydrogens (tertiary/aromatic N) is 2. The van der Waals surface area contributed by atoms with Gasteiger partial charge < -0.3 is 10.4 Å². The van der Waals surface area contributed by atoms with Crippen molar-refractivity contribution in [3.05, 3.63) is 60.4 Å². The molecule has 1 aromatic carbocycles. The Hall–Kier alpha value is -2.89. The summed E-state index contributed by atoms with van der Waals surface area (Å²) >= 11 is 0. The molecule has 25 heavy (non-hydrogen) atoms. The van der Waals surface area contributed by atoms with Crippen molar-refractivity contribution in [2.45, 2.75) is 32.2 Å². The first-order valence-corrected chi connectivity index (χ1v) is 8.31. The molecule has 1 amide bonds. The topological polar surface area (TPSA) is 84.2 Å². The molecule has 1 saturated carbocycles. The van der Waals surface area contributed by atoms with E-state index in [1.807, 2.05) is 30.3 Å². The predicted octanol–water partition coefficient (Wildman–Crippen LogP) is 2.93. The van der Waals surface area contributed by atoms with Crippen LogP contribution in [0.4, 0.5) is 0 Å². The first-order chi connectivity index (χ1) is 12.0. The second kappa shape index (κ2) is 6.93. The Morgan fingerprint density at radius 1 is 1.36 bits per heavy atom. The van der Waals surface area contributed by atoms with E-state index >= 15 is 0 Å². The Morgan fingerprint density at radius 3 is 2.76 bits per heavy atom. The predicted molar refractivity (Wildman–Crippen MR) is 93.5 cm³/mol. The third kappa shape index (κ3) is 3.47. The summed E-state index contributed by atoms with van der Waals surface area (Å²) in [6.07, 6.45) is 7.05. The van der Waals surface area contributed by atoms with Gasteiger partial charge in [-0.05, 0) is 43.0 Å². The lowest BCUT2D eigenvalue weighted by Gasteiger charge is -2.39. The molecular weight excluding hydrogens is 318 g/mol. The summed E-state index contributed by atoms with van der Waals surface area (Å²) in [7, 11) is 0. The number of amides is 1. The Morgan fingerprint density at radius 2 is 2.16 bits per heavy atom. The van der Waals surface area contributed by atoms with Crippen LogP contribution in [0.1, 0.15) is 41.7 Å². The Balaban J connectivity index is 1.68. The van der Waals surface area contributed by atoms with Crippen LogP contribution in [0.3, 0.4) is 0 Å². The summed E-state index contributed by atoms with van der Waals surface area (Å²) in [5, 5.41) is 16.0. The quantitative estimate of drug-likeness (QED) is 0.760. The van der Waals surface area contributed by atoms with Crippen molar-refractivity contribution in [1.29, 1.82) is 0 Å². The Kier molecular flexibility index (Phi) is 4.70. The van der Waals surface area contributed by atoms with E-state index in [9.17, 15) is 9.59 Å². The maximum atomic E-state index is 12.5. The minimum absolute atomic E-state index is 0.00458. The fourth-order valence-corrected chi connectivity index (χ4v) is 3.16. The van der Waals surface area contributed by atoms with Crippen LogP contribution < -0.4 is 5.32 Å². The normalized spacial score (nSPS) is 15.2. The molecule has 2 aromatic rings. The highest BCUT2D eigenvalue weighted by atomic mass is 16.4. The number of carboxylic acids is 1. The molecule has 3 rings (SSSR count). The van der Waals surface area contributed by atoms with Gasteiger partial charge in [0.05, 0.1) is 11.1 Å². The molecule has 0 spiro atoms. The fraction of sp³-hybridized carbons (Fsp3) is 0.316. The molecule has 0 aliphatic heterocycles. The van der Waals surface area contributed by atoms with Gasteiger partial charge in [-0.3, -0.25) is 4.79 Å². The average Bonchev–Trinajstić information content (AvgIpc) is 3.06. The summed E-state index contributed by atoms with van der Waals surface area (Å²) in [5.74, 6) is -0.980. The SMILES string of the molecule is C=CCC1(C(=O)NCc2cccc(-n3ccc(C(=O)O)n3)c2)CCC1. The van der Waals surface area contributed by atoms with Crippen molar-refractivity contribution >= 4 is 11.9 Å². The molecule has 6 nitrogen and oxygen atoms in total. The highest BCUT2D eigenvalue weighted by Crippen LogP contribution is 2.44. The van der Waals surface area contributed by atoms with Crippen LogP contribution in [0.15, 0.2) is 49.2 Å². The molecule has 130 valence electrons. The van der Waals surface area contributed by atoms with Crippen LogP contribution in [-0.4, -0.2) is 26.8 Å². The number of hydrogen-bond acceptors (Lipinski definition) is 3. The Labute approximate surface area is 146 Å². The van der Waals surface area contributed by atoms with Gasteiger partial charge in [0.2, 0.25) is 5.91 Å². The van der Waals surface area contributed by atoms with Gasteiger partial charge in [0.25, 0.3) is 0 Å². The minimum atomic E-state index is -1.06. The zero-order chi connectivity index (χ0) is 17.9. The number of carbonyl (C=O) groups excluding carboxylic acids is 1. The number of nitrogens with one attached hydrogen (secondary N) is 1. The smallest absolute Gasteiger partial charge is 0.356 e. The molecule has 1 aliphatic rings. The van der Waals surface area contributed by atoms with Crippen molar-refractivity contribution in [2.75, 3.05) is 0 Å². The van der Waals surface area contributed by atoms with Gasteiger partial charge in [-0.2, -0.15) is 5.10 Å². The largest absolute Gasteiger partial charge is 0.476 e. The number of allylic oxidation sites excluding steroid dienone is 1. The number of carbonyl (C=O) groups is 2. The van der Waals surface area contributed by atoms with Crippen molar-refractivity contribution in [2.24, 2.45) is 5.41 Å². The van der Waals surface area contributed by atoms with Crippen LogP contribution in [0.25, 0.3) is 5.69 Å². The van der Waals surface area contributed by atoms with E-state index in [1.54, 1.807) is 6.20 Å². The van der Waals surface area contributed by atoms with Crippen LogP contribution in [-0.2, 0) is 11.3 Å². The maximum absolute atomic E-state index is 12.5. The van der Waals surface area contributed by atoms with E-state index in [0.29, 0.717) is 13.0 Å². The van der Waals surface area contributed by atoms with Crippen molar-refractivity contribution in [3.8, 4) is 5.69 Å². The number of aromatic carboxylic acids is 1. The highest BCUT2D eigenvalue weighted by Gasteiger charge is 2.42. The number of carboxylic acid groups (broad SMARTS) is 1. The van der Waals surface area contributed by atoms with E-state index in [-0.39, 0.29) is 17.0 Å². The minimum Gasteiger partial charge on any atom is -0.476 e. The standard InChI is InChI=1S/C19H21N3O3/c1-2-8-19(9-4-10-19)18(25)20-13-14-5-3-6-15(12-14)22-11-7-16(21-22)17(23)24/h2-3,5-7,11-12H,1,4,8-10,13H2,(H,20,25)(H,23,24). The molecule has 0 atom stereocenters. The lowest BCUT2D eigenvalue weighted by molar-refractivity contribution is -0.135. The second-order valence-electron chi connectivity index (χ2n) is 6.43. The molecule has 0 bridgehead atoms. The first-order valence-electron chi connectivity index (χ1n) is 8.31. The zero-order valence-electron chi connectivity index (χ0n) is 13.9. The molecule has 2 N–H and O–H groups in total. The van der Waals surface area contributed by atoms with E-state index in [4.69, 9.17) is 5.11 Å². The van der Waals surface area contributed by atoms with Crippen LogP contribution >= 0.6 is 0 Å². The van der Waals surface area contributed by atoms with Crippen LogP contribution in [0.5, 0.6) is 0 Å². The zero-order valence-corrected chi connectivity index (χ0v) is 13.9. The molecule has 0 saturated heterocycles. The lowest BCUT2D eigenvalue weighted by Crippen LogP contribution is -2.45. The van der Waals surface area contributed by atoms with E-state index in [0.717, 1.165) is 30.5 Å². The van der Waals surface area contributed by atoms with Gasteiger partial charge >= 0.3 is 5.97 Å². The van der Waals surface area contributed by atoms with E-state index < -0.39 is 5.97 Å². The number of aromatic nitrogens is 2. The van der Waals surface area contributed by atoms with Crippen LogP contribution in [0, 0.1) is 5.41 Å². The Bertz CT molecular complexity index is 806. The van der Waals surface area contributed by atoms with Gasteiger partial charge in [-0.15, -0.1) is 6.58 Å². The summed E-state index contributed by atoms with van der Waals surface area (Å²) in [5.41, 5.74) is 1.41. The average molecular weight is 339 g/mol. The molecule has 1 aromatic heterocycles. The van der Waals surface area contributed by atoms with Crippen molar-refractivity contribution in [3.63, 3.8) is 0 Å². The molecule has 0 radical (unpaired) electrons. The summed E-state index contributed by atoms with van der Waals surface area (Å²) in [6.45, 7) is 4.19. The number of rotatable bonds is 7. The maximum Gasteiger partial charge on any atom is 0.356 e. The highest BCUT2D eigenvalue weighted by molar-refractivity contribution is 5.85. The summed E-state index contributed by atoms with van der Waals surface area (Å²) in [6, 6.07) is 8.97. The molecule has 1 heterocycles. The third-order valence-corrected chi connectivity index (χ3v) is 4.76. The monoisotopic (exact) mass is 339 g/mol. The van der Waals surface area contributed by atoms with Gasteiger partial charge in [0, 0.05) is 12.7 Å². The van der Waals surface area contributed by atoms with E-state index in [1.165, 1.54) is 10.7 Å². The van der Waals surface area contributed by atoms with Crippen molar-refractivity contribution in [1.82, 2.24) is 15.1 Å². The third-order valence-electron chi connectivity index (χ3n) is 4.76. The number of hydrogen-bond donors (Lipinski definition) is 2. The summed E-state index contributed by atoms with van der Waals surface area (Å²) in [4.78, 5) is 23.4. The first kappa shape index (κ1) is 17.0. The van der Waals surface area contributed by atoms with Gasteiger partial charge in [0.1, 0.15) is 0 Å². The molecule has 0 unspecified atom stereocenters. The molecule has 1 aliphatic carbocycles. The number of benzene rings is 1. The fourth-order valence-electron chi connectivity index (χ4n) is 3.16. The van der Waals surface area contributed by atoms with Crippen LogP contribution in [0.2, 0.25) is 0 Å². The molecule has 1 fully saturated rings. The molecular formula is C19H21N3O3. The second-order valence-corrected chi connectivity index (χ2v) is 6.43. The van der Waals surface area contributed by atoms with E-state index in [2.05, 4.69) is 17.0 Å². The van der Waals surface area contributed by atoms with Gasteiger partial charge in [-0.1, -0.05) is 24.6 Å². The van der Waals surface area contributed by atoms with Crippen molar-refractivity contribution < 1.29 is 14.7 Å². The van der Waals surface area contributed by atoms with Gasteiger partial charge in [-0.25, -0.2) is 9.48 Å².